The summed E-state index contributed by atoms with van der Waals surface area (Å²) in [6, 6.07) is 9.14. The topological polar surface area (TPSA) is 41.1 Å². The summed E-state index contributed by atoms with van der Waals surface area (Å²) in [5.41, 5.74) is 5.22. The van der Waals surface area contributed by atoms with Crippen molar-refractivity contribution < 1.29 is 9.18 Å². The molecule has 1 amide bonds. The Morgan fingerprint density at radius 2 is 2.08 bits per heavy atom. The summed E-state index contributed by atoms with van der Waals surface area (Å²) < 4.78 is 14.5. The van der Waals surface area contributed by atoms with Crippen LogP contribution < -0.4 is 10.6 Å². The average Bonchev–Trinajstić information content (AvgIpc) is 3.33. The predicted molar refractivity (Wildman–Crippen MR) is 101 cm³/mol. The largest absolute Gasteiger partial charge is 0.378 e. The second kappa shape index (κ2) is 5.84. The van der Waals surface area contributed by atoms with E-state index in [1.807, 2.05) is 25.1 Å². The molecule has 1 saturated carbocycles. The summed E-state index contributed by atoms with van der Waals surface area (Å²) in [6.45, 7) is 1.95. The number of nitrogens with one attached hydrogen (secondary N) is 2. The predicted octanol–water partition coefficient (Wildman–Crippen LogP) is 4.84. The molecule has 1 unspecified atom stereocenters. The lowest BCUT2D eigenvalue weighted by atomic mass is 9.80. The van der Waals surface area contributed by atoms with E-state index in [0.29, 0.717) is 5.56 Å². The highest BCUT2D eigenvalue weighted by atomic mass is 79.9. The van der Waals surface area contributed by atoms with Crippen molar-refractivity contribution in [1.82, 2.24) is 5.32 Å². The molecule has 0 saturated heterocycles. The third-order valence-electron chi connectivity index (χ3n) is 5.51. The number of halogens is 2. The van der Waals surface area contributed by atoms with Crippen LogP contribution in [-0.2, 0) is 5.41 Å². The summed E-state index contributed by atoms with van der Waals surface area (Å²) in [7, 11) is 1.65. The monoisotopic (exact) mass is 402 g/mol. The highest BCUT2D eigenvalue weighted by Crippen LogP contribution is 2.59. The molecule has 130 valence electrons. The van der Waals surface area contributed by atoms with Gasteiger partial charge in [0.25, 0.3) is 5.91 Å². The number of rotatable bonds is 2. The van der Waals surface area contributed by atoms with E-state index in [2.05, 4.69) is 26.6 Å². The maximum Gasteiger partial charge on any atom is 0.251 e. The third kappa shape index (κ3) is 2.74. The number of amides is 1. The molecule has 2 aromatic carbocycles. The van der Waals surface area contributed by atoms with Crippen molar-refractivity contribution in [2.24, 2.45) is 0 Å². The van der Waals surface area contributed by atoms with Crippen molar-refractivity contribution in [3.8, 4) is 0 Å². The van der Waals surface area contributed by atoms with Crippen LogP contribution in [0.2, 0.25) is 0 Å². The zero-order chi connectivity index (χ0) is 17.8. The molecule has 1 atom stereocenters. The van der Waals surface area contributed by atoms with Crippen LogP contribution in [0, 0.1) is 12.7 Å². The quantitative estimate of drug-likeness (QED) is 0.753. The number of anilines is 1. The fourth-order valence-electron chi connectivity index (χ4n) is 4.09. The Labute approximate surface area is 155 Å². The first-order chi connectivity index (χ1) is 11.9. The minimum absolute atomic E-state index is 0.0575. The first-order valence-electron chi connectivity index (χ1n) is 8.52. The Kier molecular flexibility index (Phi) is 3.87. The van der Waals surface area contributed by atoms with Crippen LogP contribution in [0.3, 0.4) is 0 Å². The Morgan fingerprint density at radius 1 is 1.32 bits per heavy atom. The minimum atomic E-state index is -0.222. The van der Waals surface area contributed by atoms with Gasteiger partial charge in [-0.15, -0.1) is 0 Å². The van der Waals surface area contributed by atoms with Crippen LogP contribution in [0.4, 0.5) is 10.1 Å². The molecular formula is C20H20BrFN2O. The lowest BCUT2D eigenvalue weighted by molar-refractivity contribution is 0.0963. The van der Waals surface area contributed by atoms with Crippen molar-refractivity contribution in [3.63, 3.8) is 0 Å². The molecule has 5 heteroatoms. The van der Waals surface area contributed by atoms with Crippen LogP contribution >= 0.6 is 15.9 Å². The molecule has 0 bridgehead atoms. The minimum Gasteiger partial charge on any atom is -0.378 e. The van der Waals surface area contributed by atoms with Crippen molar-refractivity contribution >= 4 is 27.5 Å². The van der Waals surface area contributed by atoms with E-state index in [1.54, 1.807) is 13.1 Å². The standard InChI is InChI=1S/C20H20BrFN2O/c1-11-7-13(22)9-15(21)18(11)17-10-20(5-6-20)14-8-12(19(25)23-2)3-4-16(14)24-17/h3-4,7-9,17,24H,5-6,10H2,1-2H3,(H,23,25). The number of aryl methyl sites for hydroxylation is 1. The summed E-state index contributed by atoms with van der Waals surface area (Å²) in [6.07, 6.45) is 3.22. The molecule has 2 N–H and O–H groups in total. The number of carbonyl (C=O) groups excluding carboxylic acids is 1. The number of hydrogen-bond donors (Lipinski definition) is 2. The molecule has 2 aliphatic rings. The maximum absolute atomic E-state index is 13.6. The van der Waals surface area contributed by atoms with Crippen molar-refractivity contribution in [1.29, 1.82) is 0 Å². The van der Waals surface area contributed by atoms with Crippen LogP contribution in [0.25, 0.3) is 0 Å². The average molecular weight is 403 g/mol. The van der Waals surface area contributed by atoms with E-state index < -0.39 is 0 Å². The van der Waals surface area contributed by atoms with E-state index in [1.165, 1.54) is 11.6 Å². The van der Waals surface area contributed by atoms with Gasteiger partial charge in [0.15, 0.2) is 0 Å². The van der Waals surface area contributed by atoms with Gasteiger partial charge in [0.05, 0.1) is 6.04 Å². The zero-order valence-corrected chi connectivity index (χ0v) is 15.8. The lowest BCUT2D eigenvalue weighted by Gasteiger charge is -2.35. The Morgan fingerprint density at radius 3 is 2.72 bits per heavy atom. The lowest BCUT2D eigenvalue weighted by Crippen LogP contribution is -2.28. The molecule has 0 radical (unpaired) electrons. The second-order valence-electron chi connectivity index (χ2n) is 7.14. The summed E-state index contributed by atoms with van der Waals surface area (Å²) in [4.78, 5) is 12.0. The first kappa shape index (κ1) is 16.6. The SMILES string of the molecule is CNC(=O)c1ccc2c(c1)C1(CC1)CC(c1c(C)cc(F)cc1Br)N2. The van der Waals surface area contributed by atoms with E-state index in [-0.39, 0.29) is 23.2 Å². The van der Waals surface area contributed by atoms with Crippen LogP contribution in [0.5, 0.6) is 0 Å². The van der Waals surface area contributed by atoms with E-state index in [9.17, 15) is 9.18 Å². The Bertz CT molecular complexity index is 853. The summed E-state index contributed by atoms with van der Waals surface area (Å²) in [5, 5.41) is 6.30. The number of fused-ring (bicyclic) bond motifs is 2. The highest BCUT2D eigenvalue weighted by molar-refractivity contribution is 9.10. The molecule has 1 spiro atoms. The van der Waals surface area contributed by atoms with Gasteiger partial charge >= 0.3 is 0 Å². The van der Waals surface area contributed by atoms with E-state index in [4.69, 9.17) is 0 Å². The number of benzene rings is 2. The van der Waals surface area contributed by atoms with Gasteiger partial charge in [0, 0.05) is 22.8 Å². The van der Waals surface area contributed by atoms with Gasteiger partial charge in [-0.25, -0.2) is 4.39 Å². The Balaban J connectivity index is 1.75. The molecule has 1 heterocycles. The maximum atomic E-state index is 13.6. The highest BCUT2D eigenvalue weighted by Gasteiger charge is 2.50. The normalized spacial score (nSPS) is 19.9. The smallest absolute Gasteiger partial charge is 0.251 e. The van der Waals surface area contributed by atoms with Gasteiger partial charge in [-0.1, -0.05) is 15.9 Å². The van der Waals surface area contributed by atoms with Crippen LogP contribution in [0.1, 0.15) is 52.4 Å². The molecule has 0 aromatic heterocycles. The number of carbonyl (C=O) groups is 1. The van der Waals surface area contributed by atoms with Gasteiger partial charge in [0.1, 0.15) is 5.82 Å². The Hall–Kier alpha value is -1.88. The van der Waals surface area contributed by atoms with Crippen molar-refractivity contribution in [2.45, 2.75) is 37.6 Å². The van der Waals surface area contributed by atoms with E-state index in [0.717, 1.165) is 40.5 Å². The molecule has 1 fully saturated rings. The van der Waals surface area contributed by atoms with Gasteiger partial charge in [0.2, 0.25) is 0 Å². The van der Waals surface area contributed by atoms with Gasteiger partial charge in [-0.05, 0) is 78.6 Å². The van der Waals surface area contributed by atoms with Gasteiger partial charge in [-0.3, -0.25) is 4.79 Å². The second-order valence-corrected chi connectivity index (χ2v) is 7.99. The molecular weight excluding hydrogens is 383 g/mol. The zero-order valence-electron chi connectivity index (χ0n) is 14.2. The molecule has 25 heavy (non-hydrogen) atoms. The van der Waals surface area contributed by atoms with Crippen molar-refractivity contribution in [3.05, 3.63) is 62.9 Å². The fraction of sp³-hybridized carbons (Fsp3) is 0.350. The first-order valence-corrected chi connectivity index (χ1v) is 9.31. The van der Waals surface area contributed by atoms with E-state index >= 15 is 0 Å². The molecule has 4 rings (SSSR count). The van der Waals surface area contributed by atoms with Gasteiger partial charge in [-0.2, -0.15) is 0 Å². The van der Waals surface area contributed by atoms with Crippen LogP contribution in [0.15, 0.2) is 34.8 Å². The summed E-state index contributed by atoms with van der Waals surface area (Å²) in [5.74, 6) is -0.279. The molecule has 3 nitrogen and oxygen atoms in total. The molecule has 1 aliphatic heterocycles. The summed E-state index contributed by atoms with van der Waals surface area (Å²) >= 11 is 3.54. The van der Waals surface area contributed by atoms with Crippen molar-refractivity contribution in [2.75, 3.05) is 12.4 Å². The third-order valence-corrected chi connectivity index (χ3v) is 6.16. The fourth-order valence-corrected chi connectivity index (χ4v) is 4.89. The van der Waals surface area contributed by atoms with Gasteiger partial charge < -0.3 is 10.6 Å². The van der Waals surface area contributed by atoms with Crippen LogP contribution in [-0.4, -0.2) is 13.0 Å². The molecule has 1 aliphatic carbocycles. The number of hydrogen-bond acceptors (Lipinski definition) is 2. The molecule has 2 aromatic rings.